The molecule has 3 rings (SSSR count). The molecular formula is C23H27NO5S. The van der Waals surface area contributed by atoms with E-state index >= 15 is 0 Å². The van der Waals surface area contributed by atoms with Gasteiger partial charge in [-0.25, -0.2) is 0 Å². The van der Waals surface area contributed by atoms with Crippen LogP contribution in [-0.2, 0) is 13.1 Å². The molecule has 6 nitrogen and oxygen atoms in total. The average Bonchev–Trinajstić information content (AvgIpc) is 3.44. The Hall–Kier alpha value is -2.93. The van der Waals surface area contributed by atoms with Gasteiger partial charge in [0.25, 0.3) is 5.91 Å². The first kappa shape index (κ1) is 21.8. The lowest BCUT2D eigenvalue weighted by molar-refractivity contribution is 0.0716. The van der Waals surface area contributed by atoms with Crippen molar-refractivity contribution < 1.29 is 23.4 Å². The number of carbonyl (C=O) groups is 1. The molecule has 0 saturated heterocycles. The predicted molar refractivity (Wildman–Crippen MR) is 117 cm³/mol. The number of thiophene rings is 1. The minimum atomic E-state index is -0.137. The van der Waals surface area contributed by atoms with Crippen molar-refractivity contribution in [2.24, 2.45) is 0 Å². The van der Waals surface area contributed by atoms with E-state index in [9.17, 15) is 4.79 Å². The maximum absolute atomic E-state index is 13.5. The van der Waals surface area contributed by atoms with E-state index in [2.05, 4.69) is 0 Å². The molecule has 3 aromatic rings. The Morgan fingerprint density at radius 2 is 1.70 bits per heavy atom. The summed E-state index contributed by atoms with van der Waals surface area (Å²) in [5.41, 5.74) is 1.55. The van der Waals surface area contributed by atoms with Crippen LogP contribution in [0.2, 0.25) is 0 Å². The predicted octanol–water partition coefficient (Wildman–Crippen LogP) is 5.38. The molecule has 160 valence electrons. The molecule has 0 atom stereocenters. The number of benzene rings is 1. The van der Waals surface area contributed by atoms with Gasteiger partial charge in [-0.15, -0.1) is 0 Å². The fourth-order valence-electron chi connectivity index (χ4n) is 3.09. The smallest absolute Gasteiger partial charge is 0.254 e. The van der Waals surface area contributed by atoms with Crippen LogP contribution in [0.4, 0.5) is 0 Å². The summed E-state index contributed by atoms with van der Waals surface area (Å²) in [7, 11) is 0. The Balaban J connectivity index is 1.97. The van der Waals surface area contributed by atoms with Gasteiger partial charge in [0.1, 0.15) is 5.76 Å². The molecule has 7 heteroatoms. The third kappa shape index (κ3) is 5.36. The summed E-state index contributed by atoms with van der Waals surface area (Å²) in [6.07, 6.45) is 1.61. The Kier molecular flexibility index (Phi) is 7.79. The molecule has 2 heterocycles. The van der Waals surface area contributed by atoms with Crippen LogP contribution in [0.3, 0.4) is 0 Å². The highest BCUT2D eigenvalue weighted by molar-refractivity contribution is 7.07. The Bertz CT molecular complexity index is 858. The zero-order chi connectivity index (χ0) is 21.3. The second-order valence-corrected chi connectivity index (χ2v) is 7.25. The second kappa shape index (κ2) is 10.7. The number of carbonyl (C=O) groups excluding carboxylic acids is 1. The molecule has 0 radical (unpaired) electrons. The summed E-state index contributed by atoms with van der Waals surface area (Å²) in [4.78, 5) is 15.3. The molecule has 30 heavy (non-hydrogen) atoms. The molecule has 0 aliphatic rings. The largest absolute Gasteiger partial charge is 0.490 e. The van der Waals surface area contributed by atoms with Crippen LogP contribution in [0.25, 0.3) is 0 Å². The summed E-state index contributed by atoms with van der Waals surface area (Å²) < 4.78 is 22.8. The lowest BCUT2D eigenvalue weighted by atomic mass is 10.1. The average molecular weight is 430 g/mol. The lowest BCUT2D eigenvalue weighted by Gasteiger charge is -2.23. The van der Waals surface area contributed by atoms with Crippen molar-refractivity contribution in [3.63, 3.8) is 0 Å². The molecule has 0 bridgehead atoms. The van der Waals surface area contributed by atoms with E-state index in [0.29, 0.717) is 55.7 Å². The molecule has 0 aliphatic carbocycles. The van der Waals surface area contributed by atoms with Crippen LogP contribution in [-0.4, -0.2) is 30.6 Å². The van der Waals surface area contributed by atoms with Gasteiger partial charge in [0.15, 0.2) is 11.5 Å². The van der Waals surface area contributed by atoms with Gasteiger partial charge in [-0.3, -0.25) is 4.79 Å². The fourth-order valence-corrected chi connectivity index (χ4v) is 3.75. The highest BCUT2D eigenvalue weighted by atomic mass is 32.1. The number of amides is 1. The maximum Gasteiger partial charge on any atom is 0.254 e. The first-order chi connectivity index (χ1) is 14.7. The first-order valence-corrected chi connectivity index (χ1v) is 11.0. The Morgan fingerprint density at radius 3 is 2.23 bits per heavy atom. The van der Waals surface area contributed by atoms with Gasteiger partial charge < -0.3 is 23.5 Å². The monoisotopic (exact) mass is 429 g/mol. The third-order valence-electron chi connectivity index (χ3n) is 4.32. The van der Waals surface area contributed by atoms with E-state index in [0.717, 1.165) is 11.3 Å². The van der Waals surface area contributed by atoms with E-state index in [1.165, 1.54) is 0 Å². The number of hydrogen-bond acceptors (Lipinski definition) is 6. The summed E-state index contributed by atoms with van der Waals surface area (Å²) in [5, 5.41) is 4.04. The van der Waals surface area contributed by atoms with Crippen LogP contribution < -0.4 is 14.2 Å². The summed E-state index contributed by atoms with van der Waals surface area (Å²) in [6, 6.07) is 9.15. The van der Waals surface area contributed by atoms with Crippen molar-refractivity contribution in [2.75, 3.05) is 19.8 Å². The standard InChI is InChI=1S/C23H27NO5S/c1-4-26-20-12-18(13-21(27-5-2)22(20)28-6-3)23(25)24(14-17-9-11-30-16-17)15-19-8-7-10-29-19/h7-13,16H,4-6,14-15H2,1-3H3. The minimum Gasteiger partial charge on any atom is -0.490 e. The number of furan rings is 1. The van der Waals surface area contributed by atoms with Crippen molar-refractivity contribution in [1.29, 1.82) is 0 Å². The zero-order valence-electron chi connectivity index (χ0n) is 17.6. The van der Waals surface area contributed by atoms with Crippen LogP contribution in [0, 0.1) is 0 Å². The second-order valence-electron chi connectivity index (χ2n) is 6.47. The first-order valence-electron chi connectivity index (χ1n) is 10.0. The molecule has 0 fully saturated rings. The molecule has 0 aliphatic heterocycles. The van der Waals surface area contributed by atoms with Gasteiger partial charge >= 0.3 is 0 Å². The van der Waals surface area contributed by atoms with Crippen LogP contribution >= 0.6 is 11.3 Å². The van der Waals surface area contributed by atoms with Crippen molar-refractivity contribution in [1.82, 2.24) is 4.90 Å². The van der Waals surface area contributed by atoms with Gasteiger partial charge in [-0.05, 0) is 67.4 Å². The van der Waals surface area contributed by atoms with Gasteiger partial charge in [0.2, 0.25) is 5.75 Å². The molecule has 1 aromatic carbocycles. The number of rotatable bonds is 11. The van der Waals surface area contributed by atoms with E-state index in [1.807, 2.05) is 49.7 Å². The van der Waals surface area contributed by atoms with E-state index in [4.69, 9.17) is 18.6 Å². The number of ether oxygens (including phenoxy) is 3. The zero-order valence-corrected chi connectivity index (χ0v) is 18.4. The molecular weight excluding hydrogens is 402 g/mol. The summed E-state index contributed by atoms with van der Waals surface area (Å²) >= 11 is 1.60. The lowest BCUT2D eigenvalue weighted by Crippen LogP contribution is -2.30. The van der Waals surface area contributed by atoms with Crippen LogP contribution in [0.5, 0.6) is 17.2 Å². The van der Waals surface area contributed by atoms with Crippen LogP contribution in [0.1, 0.15) is 42.5 Å². The van der Waals surface area contributed by atoms with E-state index < -0.39 is 0 Å². The van der Waals surface area contributed by atoms with Gasteiger partial charge in [-0.1, -0.05) is 0 Å². The fraction of sp³-hybridized carbons (Fsp3) is 0.348. The minimum absolute atomic E-state index is 0.137. The molecule has 0 unspecified atom stereocenters. The highest BCUT2D eigenvalue weighted by Crippen LogP contribution is 2.39. The normalized spacial score (nSPS) is 10.6. The Labute approximate surface area is 181 Å². The summed E-state index contributed by atoms with van der Waals surface area (Å²) in [6.45, 7) is 7.90. The van der Waals surface area contributed by atoms with E-state index in [-0.39, 0.29) is 5.91 Å². The van der Waals surface area contributed by atoms with Crippen molar-refractivity contribution >= 4 is 17.2 Å². The summed E-state index contributed by atoms with van der Waals surface area (Å²) in [5.74, 6) is 2.11. The van der Waals surface area contributed by atoms with Gasteiger partial charge in [0, 0.05) is 12.1 Å². The van der Waals surface area contributed by atoms with Crippen molar-refractivity contribution in [3.8, 4) is 17.2 Å². The van der Waals surface area contributed by atoms with Crippen molar-refractivity contribution in [2.45, 2.75) is 33.9 Å². The van der Waals surface area contributed by atoms with Crippen molar-refractivity contribution in [3.05, 3.63) is 64.2 Å². The topological polar surface area (TPSA) is 61.1 Å². The van der Waals surface area contributed by atoms with Gasteiger partial charge in [-0.2, -0.15) is 11.3 Å². The number of nitrogens with zero attached hydrogens (tertiary/aromatic N) is 1. The Morgan fingerprint density at radius 1 is 1.00 bits per heavy atom. The van der Waals surface area contributed by atoms with E-state index in [1.54, 1.807) is 34.6 Å². The maximum atomic E-state index is 13.5. The third-order valence-corrected chi connectivity index (χ3v) is 5.06. The molecule has 2 aromatic heterocycles. The van der Waals surface area contributed by atoms with Gasteiger partial charge in [0.05, 0.1) is 32.6 Å². The molecule has 0 N–H and O–H groups in total. The quantitative estimate of drug-likeness (QED) is 0.410. The molecule has 0 spiro atoms. The molecule has 1 amide bonds. The number of hydrogen-bond donors (Lipinski definition) is 0. The highest BCUT2D eigenvalue weighted by Gasteiger charge is 2.23. The molecule has 0 saturated carbocycles. The SMILES string of the molecule is CCOc1cc(C(=O)N(Cc2ccsc2)Cc2ccco2)cc(OCC)c1OCC. The van der Waals surface area contributed by atoms with Crippen LogP contribution in [0.15, 0.2) is 51.8 Å².